The first-order chi connectivity index (χ1) is 10.4. The van der Waals surface area contributed by atoms with Crippen molar-refractivity contribution in [3.63, 3.8) is 0 Å². The predicted molar refractivity (Wildman–Crippen MR) is 77.8 cm³/mol. The summed E-state index contributed by atoms with van der Waals surface area (Å²) in [7, 11) is 0. The van der Waals surface area contributed by atoms with Crippen LogP contribution in [0.25, 0.3) is 0 Å². The lowest BCUT2D eigenvalue weighted by atomic mass is 9.75. The fourth-order valence-corrected chi connectivity index (χ4v) is 3.97. The van der Waals surface area contributed by atoms with Crippen molar-refractivity contribution in [2.24, 2.45) is 16.6 Å². The zero-order chi connectivity index (χ0) is 15.8. The molecule has 8 heteroatoms. The molecule has 2 unspecified atom stereocenters. The van der Waals surface area contributed by atoms with Crippen LogP contribution < -0.4 is 10.5 Å². The number of ether oxygens (including phenoxy) is 2. The number of benzene rings is 1. The van der Waals surface area contributed by atoms with Crippen LogP contribution in [0.2, 0.25) is 0 Å². The number of fused-ring (bicyclic) bond motifs is 1. The van der Waals surface area contributed by atoms with Crippen molar-refractivity contribution in [2.45, 2.75) is 18.3 Å². The third-order valence-corrected chi connectivity index (χ3v) is 4.90. The van der Waals surface area contributed by atoms with Gasteiger partial charge in [-0.3, -0.25) is 4.99 Å². The molecule has 2 aliphatic rings. The fraction of sp³-hybridized carbons (Fsp3) is 0.500. The Balaban J connectivity index is 2.09. The highest BCUT2D eigenvalue weighted by molar-refractivity contribution is 8.13. The van der Waals surface area contributed by atoms with Crippen LogP contribution in [0.1, 0.15) is 12.0 Å². The number of rotatable bonds is 2. The molecule has 0 aromatic heterocycles. The molecule has 1 fully saturated rings. The zero-order valence-electron chi connectivity index (χ0n) is 11.6. The first-order valence-corrected chi connectivity index (χ1v) is 7.80. The van der Waals surface area contributed by atoms with Gasteiger partial charge in [-0.2, -0.15) is 0 Å². The molecule has 0 aliphatic carbocycles. The highest BCUT2D eigenvalue weighted by atomic mass is 32.2. The molecule has 2 N–H and O–H groups in total. The van der Waals surface area contributed by atoms with E-state index in [0.717, 1.165) is 0 Å². The van der Waals surface area contributed by atoms with E-state index in [1.807, 2.05) is 0 Å². The number of hydrogen-bond donors (Lipinski definition) is 1. The van der Waals surface area contributed by atoms with Crippen LogP contribution in [0.3, 0.4) is 0 Å². The molecule has 0 amide bonds. The first kappa shape index (κ1) is 15.5. The molecule has 0 bridgehead atoms. The van der Waals surface area contributed by atoms with Crippen molar-refractivity contribution >= 4 is 16.9 Å². The second-order valence-corrected chi connectivity index (χ2v) is 6.29. The Morgan fingerprint density at radius 2 is 2.14 bits per heavy atom. The molecular weight excluding hydrogens is 317 g/mol. The number of nitrogens with zero attached hydrogens (tertiary/aromatic N) is 1. The molecule has 0 spiro atoms. The Labute approximate surface area is 129 Å². The number of amidine groups is 1. The zero-order valence-corrected chi connectivity index (χ0v) is 12.4. The maximum atomic E-state index is 12.7. The second-order valence-electron chi connectivity index (χ2n) is 5.25. The van der Waals surface area contributed by atoms with Gasteiger partial charge in [0, 0.05) is 30.3 Å². The summed E-state index contributed by atoms with van der Waals surface area (Å²) >= 11 is 1.40. The molecule has 1 aromatic carbocycles. The summed E-state index contributed by atoms with van der Waals surface area (Å²) in [5.41, 5.74) is 5.46. The van der Waals surface area contributed by atoms with Crippen molar-refractivity contribution in [2.75, 3.05) is 19.0 Å². The Kier molecular flexibility index (Phi) is 3.98. The van der Waals surface area contributed by atoms with E-state index in [4.69, 9.17) is 10.5 Å². The van der Waals surface area contributed by atoms with E-state index in [-0.39, 0.29) is 11.7 Å². The van der Waals surface area contributed by atoms with Crippen molar-refractivity contribution < 1.29 is 22.6 Å². The molecule has 120 valence electrons. The van der Waals surface area contributed by atoms with E-state index in [2.05, 4.69) is 9.73 Å². The SMILES string of the molecule is NC1=NC2(c3ccccc3OC(F)(F)F)CCOCC2CS1. The normalized spacial score (nSPS) is 28.7. The van der Waals surface area contributed by atoms with Crippen LogP contribution in [0.5, 0.6) is 5.75 Å². The molecule has 22 heavy (non-hydrogen) atoms. The highest BCUT2D eigenvalue weighted by Gasteiger charge is 2.47. The number of para-hydroxylation sites is 1. The summed E-state index contributed by atoms with van der Waals surface area (Å²) in [5.74, 6) is 0.414. The molecule has 2 atom stereocenters. The van der Waals surface area contributed by atoms with Gasteiger partial charge in [-0.15, -0.1) is 13.2 Å². The van der Waals surface area contributed by atoms with Crippen molar-refractivity contribution in [1.82, 2.24) is 0 Å². The van der Waals surface area contributed by atoms with Crippen molar-refractivity contribution in [3.8, 4) is 5.75 Å². The largest absolute Gasteiger partial charge is 0.573 e. The van der Waals surface area contributed by atoms with E-state index in [0.29, 0.717) is 36.1 Å². The van der Waals surface area contributed by atoms with Gasteiger partial charge in [-0.1, -0.05) is 30.0 Å². The van der Waals surface area contributed by atoms with Crippen LogP contribution >= 0.6 is 11.8 Å². The standard InChI is InChI=1S/C14H15F3N2O2S/c15-14(16,17)21-11-4-2-1-3-10(11)13-5-6-20-7-9(13)8-22-12(18)19-13/h1-4,9H,5-8H2,(H2,18,19). The van der Waals surface area contributed by atoms with Crippen LogP contribution in [0, 0.1) is 5.92 Å². The van der Waals surface area contributed by atoms with Gasteiger partial charge in [0.05, 0.1) is 6.61 Å². The minimum Gasteiger partial charge on any atom is -0.405 e. The first-order valence-electron chi connectivity index (χ1n) is 6.82. The third-order valence-electron chi connectivity index (χ3n) is 3.94. The lowest BCUT2D eigenvalue weighted by Crippen LogP contribution is -2.47. The number of aliphatic imine (C=N–C) groups is 1. The van der Waals surface area contributed by atoms with Gasteiger partial charge in [-0.05, 0) is 6.07 Å². The van der Waals surface area contributed by atoms with E-state index in [9.17, 15) is 13.2 Å². The second kappa shape index (κ2) is 5.66. The molecule has 2 heterocycles. The average Bonchev–Trinajstić information content (AvgIpc) is 2.45. The monoisotopic (exact) mass is 332 g/mol. The van der Waals surface area contributed by atoms with Crippen molar-refractivity contribution in [1.29, 1.82) is 0 Å². The average molecular weight is 332 g/mol. The van der Waals surface area contributed by atoms with Gasteiger partial charge in [-0.25, -0.2) is 0 Å². The number of alkyl halides is 3. The Morgan fingerprint density at radius 1 is 1.36 bits per heavy atom. The minimum absolute atomic E-state index is 0.0310. The highest BCUT2D eigenvalue weighted by Crippen LogP contribution is 2.48. The number of halogens is 3. The van der Waals surface area contributed by atoms with Gasteiger partial charge in [0.2, 0.25) is 0 Å². The van der Waals surface area contributed by atoms with E-state index < -0.39 is 11.9 Å². The summed E-state index contributed by atoms with van der Waals surface area (Å²) in [6.45, 7) is 0.877. The van der Waals surface area contributed by atoms with Gasteiger partial charge in [0.25, 0.3) is 0 Å². The topological polar surface area (TPSA) is 56.8 Å². The van der Waals surface area contributed by atoms with Gasteiger partial charge in [0.15, 0.2) is 5.17 Å². The van der Waals surface area contributed by atoms with Crippen LogP contribution in [0.4, 0.5) is 13.2 Å². The Morgan fingerprint density at radius 3 is 2.91 bits per heavy atom. The molecular formula is C14H15F3N2O2S. The third kappa shape index (κ3) is 2.89. The Bertz CT molecular complexity index is 594. The van der Waals surface area contributed by atoms with E-state index >= 15 is 0 Å². The molecule has 2 aliphatic heterocycles. The van der Waals surface area contributed by atoms with Gasteiger partial charge < -0.3 is 15.2 Å². The summed E-state index contributed by atoms with van der Waals surface area (Å²) in [6.07, 6.45) is -4.26. The quantitative estimate of drug-likeness (QED) is 0.905. The number of hydrogen-bond acceptors (Lipinski definition) is 5. The molecule has 3 rings (SSSR count). The number of thioether (sulfide) groups is 1. The van der Waals surface area contributed by atoms with Crippen LogP contribution in [-0.4, -0.2) is 30.5 Å². The molecule has 1 aromatic rings. The smallest absolute Gasteiger partial charge is 0.405 e. The van der Waals surface area contributed by atoms with Crippen LogP contribution in [0.15, 0.2) is 29.3 Å². The maximum absolute atomic E-state index is 12.7. The molecule has 1 saturated heterocycles. The summed E-state index contributed by atoms with van der Waals surface area (Å²) in [4.78, 5) is 4.53. The van der Waals surface area contributed by atoms with Crippen LogP contribution in [-0.2, 0) is 10.3 Å². The summed E-state index contributed by atoms with van der Waals surface area (Å²) in [6, 6.07) is 6.15. The van der Waals surface area contributed by atoms with E-state index in [1.165, 1.54) is 23.9 Å². The van der Waals surface area contributed by atoms with Gasteiger partial charge in [0.1, 0.15) is 11.3 Å². The predicted octanol–water partition coefficient (Wildman–Crippen LogP) is 2.88. The van der Waals surface area contributed by atoms with Gasteiger partial charge >= 0.3 is 6.36 Å². The maximum Gasteiger partial charge on any atom is 0.573 e. The lowest BCUT2D eigenvalue weighted by Gasteiger charge is -2.44. The minimum atomic E-state index is -4.74. The summed E-state index contributed by atoms with van der Waals surface area (Å²) in [5, 5.41) is 0.389. The van der Waals surface area contributed by atoms with E-state index in [1.54, 1.807) is 12.1 Å². The summed E-state index contributed by atoms with van der Waals surface area (Å²) < 4.78 is 47.7. The Hall–Kier alpha value is -1.41. The molecule has 0 saturated carbocycles. The molecule has 4 nitrogen and oxygen atoms in total. The van der Waals surface area contributed by atoms with Crippen molar-refractivity contribution in [3.05, 3.63) is 29.8 Å². The lowest BCUT2D eigenvalue weighted by molar-refractivity contribution is -0.275. The molecule has 0 radical (unpaired) electrons. The number of nitrogens with two attached hydrogens (primary N) is 1. The fourth-order valence-electron chi connectivity index (χ4n) is 3.00.